The Hall–Kier alpha value is -0.980. The Balaban J connectivity index is 1.95. The molecule has 0 unspecified atom stereocenters. The number of hydrogen-bond donors (Lipinski definition) is 1. The Bertz CT molecular complexity index is 382. The summed E-state index contributed by atoms with van der Waals surface area (Å²) in [6.07, 6.45) is 8.92. The maximum absolute atomic E-state index is 4.22. The van der Waals surface area contributed by atoms with E-state index in [0.717, 1.165) is 27.9 Å². The summed E-state index contributed by atoms with van der Waals surface area (Å²) in [5.74, 6) is 0.875. The molecule has 0 aromatic carbocycles. The van der Waals surface area contributed by atoms with Gasteiger partial charge in [-0.25, -0.2) is 15.0 Å². The molecule has 2 aromatic heterocycles. The van der Waals surface area contributed by atoms with Gasteiger partial charge in [0.25, 0.3) is 0 Å². The Morgan fingerprint density at radius 2 is 1.93 bits per heavy atom. The lowest BCUT2D eigenvalue weighted by atomic mass is 10.2. The summed E-state index contributed by atoms with van der Waals surface area (Å²) in [6, 6.07) is 0. The van der Waals surface area contributed by atoms with Crippen LogP contribution < -0.4 is 0 Å². The van der Waals surface area contributed by atoms with Gasteiger partial charge < -0.3 is 4.98 Å². The lowest BCUT2D eigenvalue weighted by Gasteiger charge is -1.97. The monoisotopic (exact) mass is 300 g/mol. The fraction of sp³-hybridized carbons (Fsp3) is 0.222. The van der Waals surface area contributed by atoms with E-state index in [1.807, 2.05) is 18.6 Å². The molecule has 0 fully saturated rings. The highest BCUT2D eigenvalue weighted by atomic mass is 127. The van der Waals surface area contributed by atoms with E-state index in [9.17, 15) is 0 Å². The SMILES string of the molecule is Ic1cnc(CCc2cnc[nH]2)nc1. The number of H-pyrrole nitrogens is 1. The van der Waals surface area contributed by atoms with Crippen molar-refractivity contribution >= 4 is 22.6 Å². The first kappa shape index (κ1) is 9.57. The van der Waals surface area contributed by atoms with E-state index in [1.165, 1.54) is 0 Å². The summed E-state index contributed by atoms with van der Waals surface area (Å²) in [7, 11) is 0. The van der Waals surface area contributed by atoms with Crippen LogP contribution in [0.25, 0.3) is 0 Å². The highest BCUT2D eigenvalue weighted by Crippen LogP contribution is 2.02. The normalized spacial score (nSPS) is 10.4. The molecule has 0 amide bonds. The van der Waals surface area contributed by atoms with Crippen LogP contribution in [0, 0.1) is 3.57 Å². The molecule has 0 aliphatic heterocycles. The maximum atomic E-state index is 4.22. The van der Waals surface area contributed by atoms with Crippen LogP contribution in [0.2, 0.25) is 0 Å². The van der Waals surface area contributed by atoms with E-state index >= 15 is 0 Å². The minimum Gasteiger partial charge on any atom is -0.348 e. The van der Waals surface area contributed by atoms with Crippen molar-refractivity contribution in [3.05, 3.63) is 40.0 Å². The van der Waals surface area contributed by atoms with Crippen LogP contribution in [0.15, 0.2) is 24.9 Å². The van der Waals surface area contributed by atoms with Crippen molar-refractivity contribution in [2.45, 2.75) is 12.8 Å². The fourth-order valence-corrected chi connectivity index (χ4v) is 1.41. The van der Waals surface area contributed by atoms with E-state index in [4.69, 9.17) is 0 Å². The third-order valence-corrected chi connectivity index (χ3v) is 2.40. The predicted octanol–water partition coefficient (Wildman–Crippen LogP) is 1.59. The van der Waals surface area contributed by atoms with E-state index < -0.39 is 0 Å². The summed E-state index contributed by atoms with van der Waals surface area (Å²) in [6.45, 7) is 0. The number of rotatable bonds is 3. The summed E-state index contributed by atoms with van der Waals surface area (Å²) < 4.78 is 1.06. The molecule has 2 aromatic rings. The number of nitrogens with one attached hydrogen (secondary N) is 1. The standard InChI is InChI=1S/C9H9IN4/c10-7-3-12-9(13-4-7)2-1-8-5-11-6-14-8/h3-6H,1-2H2,(H,11,14). The first-order valence-corrected chi connectivity index (χ1v) is 5.36. The third-order valence-electron chi connectivity index (χ3n) is 1.85. The topological polar surface area (TPSA) is 54.5 Å². The molecule has 0 atom stereocenters. The number of hydrogen-bond acceptors (Lipinski definition) is 3. The third kappa shape index (κ3) is 2.50. The first-order valence-electron chi connectivity index (χ1n) is 4.28. The van der Waals surface area contributed by atoms with Gasteiger partial charge in [-0.1, -0.05) is 0 Å². The van der Waals surface area contributed by atoms with Crippen molar-refractivity contribution in [2.24, 2.45) is 0 Å². The lowest BCUT2D eigenvalue weighted by Crippen LogP contribution is -1.98. The number of aryl methyl sites for hydroxylation is 2. The highest BCUT2D eigenvalue weighted by molar-refractivity contribution is 14.1. The van der Waals surface area contributed by atoms with Gasteiger partial charge in [-0.05, 0) is 29.0 Å². The van der Waals surface area contributed by atoms with Crippen molar-refractivity contribution in [1.82, 2.24) is 19.9 Å². The molecule has 0 saturated carbocycles. The lowest BCUT2D eigenvalue weighted by molar-refractivity contribution is 0.838. The molecule has 72 valence electrons. The molecule has 14 heavy (non-hydrogen) atoms. The Labute approximate surface area is 95.3 Å². The minimum absolute atomic E-state index is 0.846. The summed E-state index contributed by atoms with van der Waals surface area (Å²) in [5, 5.41) is 0. The molecule has 0 radical (unpaired) electrons. The summed E-state index contributed by atoms with van der Waals surface area (Å²) >= 11 is 2.19. The quantitative estimate of drug-likeness (QED) is 0.876. The number of aromatic nitrogens is 4. The Morgan fingerprint density at radius 3 is 2.57 bits per heavy atom. The van der Waals surface area contributed by atoms with Crippen LogP contribution in [0.5, 0.6) is 0 Å². The second kappa shape index (κ2) is 4.50. The van der Waals surface area contributed by atoms with E-state index in [2.05, 4.69) is 42.5 Å². The zero-order valence-electron chi connectivity index (χ0n) is 7.44. The zero-order valence-corrected chi connectivity index (χ0v) is 9.60. The molecule has 0 spiro atoms. The largest absolute Gasteiger partial charge is 0.348 e. The van der Waals surface area contributed by atoms with E-state index in [0.29, 0.717) is 0 Å². The first-order chi connectivity index (χ1) is 6.84. The van der Waals surface area contributed by atoms with Gasteiger partial charge in [0, 0.05) is 34.3 Å². The molecule has 2 heterocycles. The molecule has 0 aliphatic carbocycles. The van der Waals surface area contributed by atoms with Crippen molar-refractivity contribution in [1.29, 1.82) is 0 Å². The van der Waals surface area contributed by atoms with Gasteiger partial charge in [0.05, 0.1) is 6.33 Å². The number of nitrogens with zero attached hydrogens (tertiary/aromatic N) is 3. The highest BCUT2D eigenvalue weighted by Gasteiger charge is 1.98. The summed E-state index contributed by atoms with van der Waals surface area (Å²) in [5.41, 5.74) is 1.12. The van der Waals surface area contributed by atoms with E-state index in [-0.39, 0.29) is 0 Å². The van der Waals surface area contributed by atoms with Crippen LogP contribution >= 0.6 is 22.6 Å². The number of aromatic amines is 1. The summed E-state index contributed by atoms with van der Waals surface area (Å²) in [4.78, 5) is 15.5. The Kier molecular flexibility index (Phi) is 3.07. The number of halogens is 1. The van der Waals surface area contributed by atoms with Gasteiger partial charge in [0.15, 0.2) is 0 Å². The zero-order chi connectivity index (χ0) is 9.80. The maximum Gasteiger partial charge on any atom is 0.128 e. The molecular formula is C9H9IN4. The van der Waals surface area contributed by atoms with Gasteiger partial charge >= 0.3 is 0 Å². The molecule has 2 rings (SSSR count). The van der Waals surface area contributed by atoms with Gasteiger partial charge in [-0.15, -0.1) is 0 Å². The fourth-order valence-electron chi connectivity index (χ4n) is 1.14. The minimum atomic E-state index is 0.846. The van der Waals surface area contributed by atoms with Crippen molar-refractivity contribution in [2.75, 3.05) is 0 Å². The van der Waals surface area contributed by atoms with Crippen molar-refractivity contribution < 1.29 is 0 Å². The van der Waals surface area contributed by atoms with Crippen molar-refractivity contribution in [3.63, 3.8) is 0 Å². The molecule has 1 N–H and O–H groups in total. The second-order valence-corrected chi connectivity index (χ2v) is 4.14. The molecule has 5 heteroatoms. The van der Waals surface area contributed by atoms with Crippen LogP contribution in [0.1, 0.15) is 11.5 Å². The smallest absolute Gasteiger partial charge is 0.128 e. The van der Waals surface area contributed by atoms with Crippen LogP contribution in [-0.4, -0.2) is 19.9 Å². The number of imidazole rings is 1. The molecular weight excluding hydrogens is 291 g/mol. The van der Waals surface area contributed by atoms with Gasteiger partial charge in [-0.3, -0.25) is 0 Å². The van der Waals surface area contributed by atoms with Crippen LogP contribution in [-0.2, 0) is 12.8 Å². The predicted molar refractivity (Wildman–Crippen MR) is 60.7 cm³/mol. The van der Waals surface area contributed by atoms with Gasteiger partial charge in [0.1, 0.15) is 5.82 Å². The average Bonchev–Trinajstić information content (AvgIpc) is 2.70. The second-order valence-electron chi connectivity index (χ2n) is 2.89. The molecule has 0 aliphatic rings. The van der Waals surface area contributed by atoms with Crippen LogP contribution in [0.3, 0.4) is 0 Å². The Morgan fingerprint density at radius 1 is 1.14 bits per heavy atom. The van der Waals surface area contributed by atoms with Gasteiger partial charge in [0.2, 0.25) is 0 Å². The van der Waals surface area contributed by atoms with Crippen molar-refractivity contribution in [3.8, 4) is 0 Å². The molecule has 0 bridgehead atoms. The molecule has 4 nitrogen and oxygen atoms in total. The average molecular weight is 300 g/mol. The van der Waals surface area contributed by atoms with E-state index in [1.54, 1.807) is 6.33 Å². The van der Waals surface area contributed by atoms with Gasteiger partial charge in [-0.2, -0.15) is 0 Å². The molecule has 0 saturated heterocycles. The van der Waals surface area contributed by atoms with Crippen LogP contribution in [0.4, 0.5) is 0 Å².